The lowest BCUT2D eigenvalue weighted by Crippen LogP contribution is -2.33. The molecule has 7 heteroatoms. The molecule has 0 aromatic carbocycles. The lowest BCUT2D eigenvalue weighted by atomic mass is 9.92. The van der Waals surface area contributed by atoms with Crippen molar-refractivity contribution in [3.63, 3.8) is 0 Å². The van der Waals surface area contributed by atoms with Crippen LogP contribution < -0.4 is 14.5 Å². The monoisotopic (exact) mass is 364 g/mol. The molecular formula is C20H24N6O. The van der Waals surface area contributed by atoms with Crippen LogP contribution in [0.1, 0.15) is 42.9 Å². The average Bonchev–Trinajstić information content (AvgIpc) is 3.28. The van der Waals surface area contributed by atoms with Gasteiger partial charge in [0.1, 0.15) is 23.8 Å². The van der Waals surface area contributed by atoms with Gasteiger partial charge in [-0.3, -0.25) is 0 Å². The standard InChI is InChI=1S/C20H24N6O/c1-27-20-16(13-21)18(4-7-22-20)25-10-5-15(6-11-25)17-12-19(24-14-23-17)26-8-2-3-9-26/h4,7,12,14-15H,2-3,5-6,8-11H2,1H3. The van der Waals surface area contributed by atoms with Crippen molar-refractivity contribution in [2.45, 2.75) is 31.6 Å². The van der Waals surface area contributed by atoms with Crippen molar-refractivity contribution in [3.8, 4) is 11.9 Å². The summed E-state index contributed by atoms with van der Waals surface area (Å²) in [6, 6.07) is 6.31. The number of methoxy groups -OCH3 is 1. The molecule has 4 rings (SSSR count). The first-order chi connectivity index (χ1) is 13.3. The maximum atomic E-state index is 9.51. The molecule has 27 heavy (non-hydrogen) atoms. The molecular weight excluding hydrogens is 340 g/mol. The van der Waals surface area contributed by atoms with E-state index in [1.807, 2.05) is 6.07 Å². The third-order valence-corrected chi connectivity index (χ3v) is 5.56. The van der Waals surface area contributed by atoms with E-state index in [0.29, 0.717) is 17.4 Å². The zero-order valence-electron chi connectivity index (χ0n) is 15.6. The van der Waals surface area contributed by atoms with E-state index >= 15 is 0 Å². The van der Waals surface area contributed by atoms with Crippen molar-refractivity contribution in [2.24, 2.45) is 0 Å². The molecule has 2 saturated heterocycles. The predicted molar refractivity (Wildman–Crippen MR) is 103 cm³/mol. The molecule has 2 aromatic heterocycles. The number of hydrogen-bond acceptors (Lipinski definition) is 7. The van der Waals surface area contributed by atoms with E-state index in [9.17, 15) is 5.26 Å². The summed E-state index contributed by atoms with van der Waals surface area (Å²) in [5, 5.41) is 9.51. The maximum Gasteiger partial charge on any atom is 0.233 e. The van der Waals surface area contributed by atoms with Gasteiger partial charge in [-0.15, -0.1) is 0 Å². The molecule has 0 aliphatic carbocycles. The minimum atomic E-state index is 0.392. The molecule has 7 nitrogen and oxygen atoms in total. The summed E-state index contributed by atoms with van der Waals surface area (Å²) in [5.41, 5.74) is 2.56. The van der Waals surface area contributed by atoms with Crippen molar-refractivity contribution >= 4 is 11.5 Å². The van der Waals surface area contributed by atoms with Crippen LogP contribution in [-0.2, 0) is 0 Å². The Morgan fingerprint density at radius 1 is 1.07 bits per heavy atom. The van der Waals surface area contributed by atoms with Gasteiger partial charge in [-0.1, -0.05) is 0 Å². The molecule has 0 radical (unpaired) electrons. The zero-order valence-corrected chi connectivity index (χ0v) is 15.6. The van der Waals surface area contributed by atoms with Crippen LogP contribution in [-0.4, -0.2) is 48.2 Å². The maximum absolute atomic E-state index is 9.51. The van der Waals surface area contributed by atoms with E-state index in [0.717, 1.165) is 56.2 Å². The van der Waals surface area contributed by atoms with Crippen molar-refractivity contribution in [1.82, 2.24) is 15.0 Å². The molecule has 140 valence electrons. The van der Waals surface area contributed by atoms with Crippen molar-refractivity contribution in [2.75, 3.05) is 43.1 Å². The number of nitrogens with zero attached hydrogens (tertiary/aromatic N) is 6. The molecule has 0 unspecified atom stereocenters. The molecule has 2 aliphatic rings. The molecule has 2 aliphatic heterocycles. The summed E-state index contributed by atoms with van der Waals surface area (Å²) < 4.78 is 5.24. The highest BCUT2D eigenvalue weighted by atomic mass is 16.5. The lowest BCUT2D eigenvalue weighted by Gasteiger charge is -2.34. The quantitative estimate of drug-likeness (QED) is 0.825. The van der Waals surface area contributed by atoms with Gasteiger partial charge in [-0.25, -0.2) is 15.0 Å². The fourth-order valence-electron chi connectivity index (χ4n) is 4.08. The highest BCUT2D eigenvalue weighted by molar-refractivity contribution is 5.63. The Kier molecular flexibility index (Phi) is 5.05. The van der Waals surface area contributed by atoms with Gasteiger partial charge in [-0.05, 0) is 31.7 Å². The Balaban J connectivity index is 1.47. The number of rotatable bonds is 4. The van der Waals surface area contributed by atoms with Gasteiger partial charge in [0, 0.05) is 50.1 Å². The van der Waals surface area contributed by atoms with Gasteiger partial charge in [-0.2, -0.15) is 5.26 Å². The Morgan fingerprint density at radius 3 is 2.56 bits per heavy atom. The summed E-state index contributed by atoms with van der Waals surface area (Å²) in [5.74, 6) is 1.88. The molecule has 4 heterocycles. The van der Waals surface area contributed by atoms with Gasteiger partial charge in [0.25, 0.3) is 0 Å². The third-order valence-electron chi connectivity index (χ3n) is 5.56. The number of nitriles is 1. The van der Waals surface area contributed by atoms with Crippen LogP contribution in [0.5, 0.6) is 5.88 Å². The first-order valence-corrected chi connectivity index (χ1v) is 9.55. The number of ether oxygens (including phenoxy) is 1. The minimum Gasteiger partial charge on any atom is -0.480 e. The highest BCUT2D eigenvalue weighted by Crippen LogP contribution is 2.33. The molecule has 0 N–H and O–H groups in total. The normalized spacial score (nSPS) is 17.8. The molecule has 0 bridgehead atoms. The van der Waals surface area contributed by atoms with Gasteiger partial charge in [0.05, 0.1) is 12.8 Å². The van der Waals surface area contributed by atoms with Crippen LogP contribution in [0.4, 0.5) is 11.5 Å². The molecule has 0 spiro atoms. The molecule has 2 aromatic rings. The first-order valence-electron chi connectivity index (χ1n) is 9.55. The van der Waals surface area contributed by atoms with E-state index in [1.165, 1.54) is 12.8 Å². The minimum absolute atomic E-state index is 0.392. The fraction of sp³-hybridized carbons (Fsp3) is 0.500. The SMILES string of the molecule is COc1nccc(N2CCC(c3cc(N4CCCC4)ncn3)CC2)c1C#N. The lowest BCUT2D eigenvalue weighted by molar-refractivity contribution is 0.396. The van der Waals surface area contributed by atoms with Gasteiger partial charge in [0.15, 0.2) is 0 Å². The van der Waals surface area contributed by atoms with Crippen molar-refractivity contribution in [1.29, 1.82) is 5.26 Å². The van der Waals surface area contributed by atoms with Crippen molar-refractivity contribution in [3.05, 3.63) is 35.9 Å². The smallest absolute Gasteiger partial charge is 0.233 e. The van der Waals surface area contributed by atoms with Crippen LogP contribution in [0.15, 0.2) is 24.7 Å². The predicted octanol–water partition coefficient (Wildman–Crippen LogP) is 2.74. The van der Waals surface area contributed by atoms with Gasteiger partial charge >= 0.3 is 0 Å². The van der Waals surface area contributed by atoms with E-state index in [-0.39, 0.29) is 0 Å². The number of aromatic nitrogens is 3. The number of anilines is 2. The second-order valence-corrected chi connectivity index (χ2v) is 7.08. The molecule has 2 fully saturated rings. The van der Waals surface area contributed by atoms with E-state index < -0.39 is 0 Å². The second-order valence-electron chi connectivity index (χ2n) is 7.08. The van der Waals surface area contributed by atoms with Crippen LogP contribution in [0.2, 0.25) is 0 Å². The third kappa shape index (κ3) is 3.52. The van der Waals surface area contributed by atoms with E-state index in [4.69, 9.17) is 4.74 Å². The summed E-state index contributed by atoms with van der Waals surface area (Å²) in [4.78, 5) is 17.8. The summed E-state index contributed by atoms with van der Waals surface area (Å²) in [6.45, 7) is 3.95. The number of hydrogen-bond donors (Lipinski definition) is 0. The number of piperidine rings is 1. The van der Waals surface area contributed by atoms with E-state index in [2.05, 4.69) is 36.9 Å². The zero-order chi connectivity index (χ0) is 18.6. The van der Waals surface area contributed by atoms with Gasteiger partial charge in [0.2, 0.25) is 5.88 Å². The van der Waals surface area contributed by atoms with Crippen molar-refractivity contribution < 1.29 is 4.74 Å². The van der Waals surface area contributed by atoms with Crippen LogP contribution in [0.3, 0.4) is 0 Å². The Hall–Kier alpha value is -2.88. The Labute approximate surface area is 159 Å². The highest BCUT2D eigenvalue weighted by Gasteiger charge is 2.25. The largest absolute Gasteiger partial charge is 0.480 e. The number of pyridine rings is 1. The first kappa shape index (κ1) is 17.5. The molecule has 0 amide bonds. The van der Waals surface area contributed by atoms with E-state index in [1.54, 1.807) is 19.6 Å². The van der Waals surface area contributed by atoms with Crippen LogP contribution in [0, 0.1) is 11.3 Å². The molecule has 0 saturated carbocycles. The Bertz CT molecular complexity index is 835. The van der Waals surface area contributed by atoms with Gasteiger partial charge < -0.3 is 14.5 Å². The van der Waals surface area contributed by atoms with Crippen LogP contribution >= 0.6 is 0 Å². The summed E-state index contributed by atoms with van der Waals surface area (Å²) in [6.07, 6.45) is 7.91. The average molecular weight is 364 g/mol. The summed E-state index contributed by atoms with van der Waals surface area (Å²) in [7, 11) is 1.55. The van der Waals surface area contributed by atoms with Crippen LogP contribution in [0.25, 0.3) is 0 Å². The molecule has 0 atom stereocenters. The fourth-order valence-corrected chi connectivity index (χ4v) is 4.08. The summed E-state index contributed by atoms with van der Waals surface area (Å²) >= 11 is 0. The second kappa shape index (κ2) is 7.78. The Morgan fingerprint density at radius 2 is 1.85 bits per heavy atom. The topological polar surface area (TPSA) is 78.2 Å².